The summed E-state index contributed by atoms with van der Waals surface area (Å²) in [6.07, 6.45) is 0.546. The number of nitrogens with zero attached hydrogens (tertiary/aromatic N) is 2. The van der Waals surface area contributed by atoms with Gasteiger partial charge in [-0.2, -0.15) is 0 Å². The summed E-state index contributed by atoms with van der Waals surface area (Å²) in [7, 11) is 0. The molecule has 7 heteroatoms. The van der Waals surface area contributed by atoms with Gasteiger partial charge in [-0.25, -0.2) is 9.97 Å². The number of thiazole rings is 1. The van der Waals surface area contributed by atoms with Gasteiger partial charge in [-0.05, 0) is 27.2 Å². The van der Waals surface area contributed by atoms with Crippen molar-refractivity contribution in [2.75, 3.05) is 5.32 Å². The van der Waals surface area contributed by atoms with E-state index in [9.17, 15) is 9.59 Å². The normalized spacial score (nSPS) is 10.7. The van der Waals surface area contributed by atoms with Crippen molar-refractivity contribution in [3.8, 4) is 11.3 Å². The van der Waals surface area contributed by atoms with Gasteiger partial charge in [0.2, 0.25) is 5.91 Å². The third kappa shape index (κ3) is 4.23. The van der Waals surface area contributed by atoms with Gasteiger partial charge in [-0.15, -0.1) is 11.3 Å². The van der Waals surface area contributed by atoms with Crippen LogP contribution in [0.5, 0.6) is 0 Å². The number of amides is 1. The molecule has 2 N–H and O–H groups in total. The highest BCUT2D eigenvalue weighted by molar-refractivity contribution is 7.14. The number of nitrogens with one attached hydrogen (secondary N) is 2. The van der Waals surface area contributed by atoms with E-state index in [0.717, 1.165) is 11.3 Å². The summed E-state index contributed by atoms with van der Waals surface area (Å²) in [6, 6.07) is 8.08. The fourth-order valence-corrected chi connectivity index (χ4v) is 3.39. The lowest BCUT2D eigenvalue weighted by Gasteiger charge is -2.05. The molecule has 1 aromatic carbocycles. The van der Waals surface area contributed by atoms with Crippen LogP contribution in [-0.2, 0) is 11.2 Å². The molecule has 0 fully saturated rings. The molecule has 1 amide bonds. The van der Waals surface area contributed by atoms with Crippen LogP contribution in [0, 0.1) is 20.8 Å². The predicted molar refractivity (Wildman–Crippen MR) is 104 cm³/mol. The maximum atomic E-state index is 12.2. The van der Waals surface area contributed by atoms with E-state index < -0.39 is 0 Å². The van der Waals surface area contributed by atoms with Crippen molar-refractivity contribution in [2.24, 2.45) is 0 Å². The first-order chi connectivity index (χ1) is 12.4. The van der Waals surface area contributed by atoms with Crippen LogP contribution in [0.15, 0.2) is 34.4 Å². The second-order valence-corrected chi connectivity index (χ2v) is 7.03. The van der Waals surface area contributed by atoms with E-state index in [-0.39, 0.29) is 17.9 Å². The summed E-state index contributed by atoms with van der Waals surface area (Å²) in [5, 5.41) is 5.27. The van der Waals surface area contributed by atoms with E-state index in [2.05, 4.69) is 20.3 Å². The van der Waals surface area contributed by atoms with Gasteiger partial charge in [-0.3, -0.25) is 9.59 Å². The van der Waals surface area contributed by atoms with Gasteiger partial charge in [0.25, 0.3) is 5.56 Å². The lowest BCUT2D eigenvalue weighted by atomic mass is 10.1. The van der Waals surface area contributed by atoms with E-state index in [1.807, 2.05) is 36.6 Å². The minimum atomic E-state index is -0.182. The monoisotopic (exact) mass is 368 g/mol. The third-order valence-electron chi connectivity index (χ3n) is 4.04. The van der Waals surface area contributed by atoms with Crippen molar-refractivity contribution >= 4 is 22.4 Å². The number of H-pyrrole nitrogens is 1. The number of aromatic nitrogens is 3. The van der Waals surface area contributed by atoms with Crippen molar-refractivity contribution in [3.05, 3.63) is 62.6 Å². The number of aromatic amines is 1. The van der Waals surface area contributed by atoms with E-state index in [4.69, 9.17) is 0 Å². The molecule has 6 nitrogen and oxygen atoms in total. The number of hydrogen-bond donors (Lipinski definition) is 2. The molecule has 0 aliphatic heterocycles. The van der Waals surface area contributed by atoms with E-state index >= 15 is 0 Å². The molecule has 0 unspecified atom stereocenters. The lowest BCUT2D eigenvalue weighted by molar-refractivity contribution is -0.116. The average molecular weight is 368 g/mol. The Hall–Kier alpha value is -2.80. The van der Waals surface area contributed by atoms with Gasteiger partial charge in [0.1, 0.15) is 5.82 Å². The SMILES string of the molecule is Cc1ccc(-c2csc(NC(=O)CCc3c(C)nc(C)[nH]c3=O)n2)cc1. The lowest BCUT2D eigenvalue weighted by Crippen LogP contribution is -2.20. The predicted octanol–water partition coefficient (Wildman–Crippen LogP) is 3.39. The molecule has 134 valence electrons. The van der Waals surface area contributed by atoms with Gasteiger partial charge in [-0.1, -0.05) is 29.8 Å². The Kier molecular flexibility index (Phi) is 5.27. The summed E-state index contributed by atoms with van der Waals surface area (Å²) >= 11 is 1.38. The minimum absolute atomic E-state index is 0.172. The van der Waals surface area contributed by atoms with Crippen molar-refractivity contribution in [3.63, 3.8) is 0 Å². The smallest absolute Gasteiger partial charge is 0.254 e. The fourth-order valence-electron chi connectivity index (χ4n) is 2.65. The van der Waals surface area contributed by atoms with Crippen LogP contribution in [0.1, 0.15) is 29.1 Å². The topological polar surface area (TPSA) is 87.7 Å². The van der Waals surface area contributed by atoms with Crippen LogP contribution in [0.25, 0.3) is 11.3 Å². The second-order valence-electron chi connectivity index (χ2n) is 6.17. The molecule has 2 heterocycles. The maximum Gasteiger partial charge on any atom is 0.254 e. The van der Waals surface area contributed by atoms with Crippen LogP contribution >= 0.6 is 11.3 Å². The van der Waals surface area contributed by atoms with Crippen molar-refractivity contribution < 1.29 is 4.79 Å². The summed E-state index contributed by atoms with van der Waals surface area (Å²) in [6.45, 7) is 5.55. The van der Waals surface area contributed by atoms with Gasteiger partial charge in [0.05, 0.1) is 5.69 Å². The first-order valence-electron chi connectivity index (χ1n) is 8.31. The van der Waals surface area contributed by atoms with Gasteiger partial charge < -0.3 is 10.3 Å². The first kappa shape index (κ1) is 18.0. The number of aryl methyl sites for hydroxylation is 3. The third-order valence-corrected chi connectivity index (χ3v) is 4.80. The zero-order valence-corrected chi connectivity index (χ0v) is 15.7. The Balaban J connectivity index is 1.62. The van der Waals surface area contributed by atoms with Gasteiger partial charge in [0.15, 0.2) is 5.13 Å². The molecule has 0 bridgehead atoms. The highest BCUT2D eigenvalue weighted by atomic mass is 32.1. The van der Waals surface area contributed by atoms with Crippen molar-refractivity contribution in [1.29, 1.82) is 0 Å². The minimum Gasteiger partial charge on any atom is -0.311 e. The van der Waals surface area contributed by atoms with E-state index in [0.29, 0.717) is 28.6 Å². The van der Waals surface area contributed by atoms with Crippen LogP contribution in [0.4, 0.5) is 5.13 Å². The van der Waals surface area contributed by atoms with Gasteiger partial charge in [0, 0.05) is 28.6 Å². The van der Waals surface area contributed by atoms with Crippen LogP contribution in [0.3, 0.4) is 0 Å². The Bertz CT molecular complexity index is 990. The summed E-state index contributed by atoms with van der Waals surface area (Å²) in [4.78, 5) is 35.5. The maximum absolute atomic E-state index is 12.2. The molecule has 0 saturated carbocycles. The fraction of sp³-hybridized carbons (Fsp3) is 0.263. The summed E-state index contributed by atoms with van der Waals surface area (Å²) < 4.78 is 0. The summed E-state index contributed by atoms with van der Waals surface area (Å²) in [5.41, 5.74) is 4.06. The molecular formula is C19H20N4O2S. The Labute approximate surface area is 155 Å². The standard InChI is InChI=1S/C19H20N4O2S/c1-11-4-6-14(7-5-11)16-10-26-19(22-16)23-17(24)9-8-15-12(2)20-13(3)21-18(15)25/h4-7,10H,8-9H2,1-3H3,(H,20,21,25)(H,22,23,24). The molecule has 0 aliphatic carbocycles. The molecule has 26 heavy (non-hydrogen) atoms. The number of hydrogen-bond acceptors (Lipinski definition) is 5. The number of rotatable bonds is 5. The number of carbonyl (C=O) groups excluding carboxylic acids is 1. The zero-order valence-electron chi connectivity index (χ0n) is 14.9. The number of carbonyl (C=O) groups is 1. The second kappa shape index (κ2) is 7.61. The van der Waals surface area contributed by atoms with Crippen molar-refractivity contribution in [1.82, 2.24) is 15.0 Å². The Morgan fingerprint density at radius 2 is 1.88 bits per heavy atom. The van der Waals surface area contributed by atoms with Crippen molar-refractivity contribution in [2.45, 2.75) is 33.6 Å². The average Bonchev–Trinajstić information content (AvgIpc) is 3.03. The first-order valence-corrected chi connectivity index (χ1v) is 9.19. The number of benzene rings is 1. The zero-order chi connectivity index (χ0) is 18.7. The molecule has 3 rings (SSSR count). The Morgan fingerprint density at radius 3 is 2.58 bits per heavy atom. The van der Waals surface area contributed by atoms with Crippen LogP contribution in [-0.4, -0.2) is 20.9 Å². The molecular weight excluding hydrogens is 348 g/mol. The molecule has 2 aromatic heterocycles. The molecule has 0 spiro atoms. The number of anilines is 1. The van der Waals surface area contributed by atoms with Crippen LogP contribution in [0.2, 0.25) is 0 Å². The van der Waals surface area contributed by atoms with Gasteiger partial charge >= 0.3 is 0 Å². The van der Waals surface area contributed by atoms with Crippen LogP contribution < -0.4 is 10.9 Å². The highest BCUT2D eigenvalue weighted by Gasteiger charge is 2.12. The quantitative estimate of drug-likeness (QED) is 0.722. The summed E-state index contributed by atoms with van der Waals surface area (Å²) in [5.74, 6) is 0.404. The Morgan fingerprint density at radius 1 is 1.15 bits per heavy atom. The van der Waals surface area contributed by atoms with E-state index in [1.54, 1.807) is 13.8 Å². The van der Waals surface area contributed by atoms with E-state index in [1.165, 1.54) is 16.9 Å². The highest BCUT2D eigenvalue weighted by Crippen LogP contribution is 2.25. The molecule has 0 radical (unpaired) electrons. The molecule has 3 aromatic rings. The largest absolute Gasteiger partial charge is 0.311 e. The molecule has 0 atom stereocenters. The molecule has 0 saturated heterocycles. The molecule has 0 aliphatic rings.